The van der Waals surface area contributed by atoms with Crippen LogP contribution >= 0.6 is 7.60 Å². The molecular formula is C28H32N5O4P. The van der Waals surface area contributed by atoms with Crippen molar-refractivity contribution in [1.29, 1.82) is 0 Å². The van der Waals surface area contributed by atoms with Crippen LogP contribution in [0.4, 0.5) is 17.3 Å². The van der Waals surface area contributed by atoms with Crippen molar-refractivity contribution < 1.29 is 18.3 Å². The predicted molar refractivity (Wildman–Crippen MR) is 150 cm³/mol. The normalized spacial score (nSPS) is 12.1. The first-order valence-corrected chi connectivity index (χ1v) is 14.0. The third kappa shape index (κ3) is 6.55. The third-order valence-corrected chi connectivity index (χ3v) is 8.06. The zero-order chi connectivity index (χ0) is 27.0. The standard InChI is InChI=1S/C28H32N5O4P/c1-5-36-38(34,37-6-2)27(21-10-13-24(35-4)14-11-21)31-23-12-9-20(3)26(18-23)33-28-30-17-15-25(32-28)22-8-7-16-29-19-22/h7-19,27,31H,5-6H2,1-4H3,(H,30,32,33). The molecule has 0 aliphatic heterocycles. The Bertz CT molecular complexity index is 1380. The van der Waals surface area contributed by atoms with Crippen LogP contribution in [0.15, 0.2) is 79.3 Å². The molecule has 2 N–H and O–H groups in total. The van der Waals surface area contributed by atoms with Gasteiger partial charge in [0.1, 0.15) is 5.75 Å². The minimum Gasteiger partial charge on any atom is -0.497 e. The van der Waals surface area contributed by atoms with Gasteiger partial charge in [-0.3, -0.25) is 9.55 Å². The predicted octanol–water partition coefficient (Wildman–Crippen LogP) is 6.98. The van der Waals surface area contributed by atoms with Gasteiger partial charge in [0.2, 0.25) is 5.95 Å². The van der Waals surface area contributed by atoms with Gasteiger partial charge in [-0.2, -0.15) is 0 Å². The Morgan fingerprint density at radius 2 is 1.74 bits per heavy atom. The molecule has 198 valence electrons. The Kier molecular flexibility index (Phi) is 9.07. The maximum absolute atomic E-state index is 13.9. The fourth-order valence-electron chi connectivity index (χ4n) is 3.90. The van der Waals surface area contributed by atoms with Gasteiger partial charge in [0.25, 0.3) is 0 Å². The summed E-state index contributed by atoms with van der Waals surface area (Å²) < 4.78 is 30.6. The molecule has 0 fully saturated rings. The van der Waals surface area contributed by atoms with Gasteiger partial charge in [-0.15, -0.1) is 0 Å². The monoisotopic (exact) mass is 533 g/mol. The molecule has 9 nitrogen and oxygen atoms in total. The van der Waals surface area contributed by atoms with Gasteiger partial charge in [-0.1, -0.05) is 18.2 Å². The minimum absolute atomic E-state index is 0.247. The highest BCUT2D eigenvalue weighted by atomic mass is 31.2. The molecule has 4 rings (SSSR count). The minimum atomic E-state index is -3.58. The van der Waals surface area contributed by atoms with E-state index in [9.17, 15) is 4.57 Å². The molecule has 38 heavy (non-hydrogen) atoms. The molecule has 2 aromatic heterocycles. The number of anilines is 3. The van der Waals surface area contributed by atoms with Gasteiger partial charge >= 0.3 is 7.60 Å². The summed E-state index contributed by atoms with van der Waals surface area (Å²) in [6, 6.07) is 18.8. The molecular weight excluding hydrogens is 501 g/mol. The second kappa shape index (κ2) is 12.6. The molecule has 0 aliphatic rings. The number of hydrogen-bond acceptors (Lipinski definition) is 9. The van der Waals surface area contributed by atoms with Crippen molar-refractivity contribution in [2.24, 2.45) is 0 Å². The lowest BCUT2D eigenvalue weighted by Gasteiger charge is -2.28. The molecule has 10 heteroatoms. The molecule has 1 atom stereocenters. The highest BCUT2D eigenvalue weighted by molar-refractivity contribution is 7.54. The first kappa shape index (κ1) is 27.3. The Labute approximate surface area is 223 Å². The van der Waals surface area contributed by atoms with E-state index in [4.69, 9.17) is 13.8 Å². The first-order chi connectivity index (χ1) is 18.5. The van der Waals surface area contributed by atoms with Crippen LogP contribution in [0.2, 0.25) is 0 Å². The maximum Gasteiger partial charge on any atom is 0.357 e. The van der Waals surface area contributed by atoms with Gasteiger partial charge in [0.05, 0.1) is 26.0 Å². The van der Waals surface area contributed by atoms with E-state index in [0.29, 0.717) is 11.7 Å². The van der Waals surface area contributed by atoms with E-state index in [-0.39, 0.29) is 13.2 Å². The van der Waals surface area contributed by atoms with Crippen molar-refractivity contribution in [2.45, 2.75) is 26.6 Å². The summed E-state index contributed by atoms with van der Waals surface area (Å²) in [6.07, 6.45) is 5.19. The number of aryl methyl sites for hydroxylation is 1. The smallest absolute Gasteiger partial charge is 0.357 e. The molecule has 4 aromatic rings. The number of nitrogens with one attached hydrogen (secondary N) is 2. The van der Waals surface area contributed by atoms with Crippen LogP contribution in [0.25, 0.3) is 11.3 Å². The van der Waals surface area contributed by atoms with Crippen LogP contribution < -0.4 is 15.4 Å². The summed E-state index contributed by atoms with van der Waals surface area (Å²) in [5.41, 5.74) is 4.92. The molecule has 2 heterocycles. The largest absolute Gasteiger partial charge is 0.497 e. The molecule has 0 bridgehead atoms. The Hall–Kier alpha value is -3.78. The second-order valence-corrected chi connectivity index (χ2v) is 10.5. The lowest BCUT2D eigenvalue weighted by atomic mass is 10.1. The van der Waals surface area contributed by atoms with E-state index in [1.165, 1.54) is 0 Å². The fraction of sp³-hybridized carbons (Fsp3) is 0.250. The number of rotatable bonds is 12. The molecule has 0 saturated carbocycles. The summed E-state index contributed by atoms with van der Waals surface area (Å²) in [7, 11) is -1.97. The Balaban J connectivity index is 1.65. The van der Waals surface area contributed by atoms with Crippen molar-refractivity contribution in [3.05, 3.63) is 90.4 Å². The van der Waals surface area contributed by atoms with Gasteiger partial charge in [0, 0.05) is 35.5 Å². The number of nitrogens with zero attached hydrogens (tertiary/aromatic N) is 3. The summed E-state index contributed by atoms with van der Waals surface area (Å²) >= 11 is 0. The van der Waals surface area contributed by atoms with Crippen LogP contribution in [-0.4, -0.2) is 35.3 Å². The second-order valence-electron chi connectivity index (χ2n) is 8.36. The summed E-state index contributed by atoms with van der Waals surface area (Å²) in [5, 5.41) is 6.70. The molecule has 1 unspecified atom stereocenters. The van der Waals surface area contributed by atoms with E-state index in [2.05, 4.69) is 25.6 Å². The lowest BCUT2D eigenvalue weighted by molar-refractivity contribution is 0.214. The molecule has 0 radical (unpaired) electrons. The van der Waals surface area contributed by atoms with Crippen molar-refractivity contribution in [1.82, 2.24) is 15.0 Å². The van der Waals surface area contributed by atoms with Crippen molar-refractivity contribution >= 4 is 24.9 Å². The maximum atomic E-state index is 13.9. The summed E-state index contributed by atoms with van der Waals surface area (Å²) in [6.45, 7) is 6.08. The number of ether oxygens (including phenoxy) is 1. The zero-order valence-corrected chi connectivity index (χ0v) is 22.8. The molecule has 0 amide bonds. The Morgan fingerprint density at radius 3 is 2.39 bits per heavy atom. The number of aromatic nitrogens is 3. The molecule has 2 aromatic carbocycles. The van der Waals surface area contributed by atoms with E-state index < -0.39 is 13.4 Å². The number of hydrogen-bond donors (Lipinski definition) is 2. The Morgan fingerprint density at radius 1 is 0.974 bits per heavy atom. The van der Waals surface area contributed by atoms with Crippen molar-refractivity contribution in [2.75, 3.05) is 31.0 Å². The lowest BCUT2D eigenvalue weighted by Crippen LogP contribution is -2.15. The quantitative estimate of drug-likeness (QED) is 0.187. The molecule has 0 saturated heterocycles. The fourth-order valence-corrected chi connectivity index (χ4v) is 5.83. The van der Waals surface area contributed by atoms with Gasteiger partial charge in [-0.05, 0) is 74.4 Å². The van der Waals surface area contributed by atoms with Crippen LogP contribution in [-0.2, 0) is 13.6 Å². The van der Waals surface area contributed by atoms with Crippen LogP contribution in [0, 0.1) is 6.92 Å². The number of pyridine rings is 1. The van der Waals surface area contributed by atoms with E-state index >= 15 is 0 Å². The van der Waals surface area contributed by atoms with Crippen LogP contribution in [0.3, 0.4) is 0 Å². The highest BCUT2D eigenvalue weighted by Crippen LogP contribution is 2.61. The average molecular weight is 534 g/mol. The van der Waals surface area contributed by atoms with Gasteiger partial charge < -0.3 is 24.4 Å². The number of benzene rings is 2. The van der Waals surface area contributed by atoms with Crippen LogP contribution in [0.1, 0.15) is 30.8 Å². The van der Waals surface area contributed by atoms with Crippen LogP contribution in [0.5, 0.6) is 5.75 Å². The van der Waals surface area contributed by atoms with Crippen molar-refractivity contribution in [3.8, 4) is 17.0 Å². The van der Waals surface area contributed by atoms with Gasteiger partial charge in [0.15, 0.2) is 5.78 Å². The zero-order valence-electron chi connectivity index (χ0n) is 21.9. The summed E-state index contributed by atoms with van der Waals surface area (Å²) in [4.78, 5) is 13.2. The topological polar surface area (TPSA) is 107 Å². The molecule has 0 spiro atoms. The van der Waals surface area contributed by atoms with E-state index in [1.807, 2.05) is 67.6 Å². The van der Waals surface area contributed by atoms with Gasteiger partial charge in [-0.25, -0.2) is 9.97 Å². The SMILES string of the molecule is CCOP(=O)(OCC)C(Nc1ccc(C)c(Nc2nccc(-c3cccnc3)n2)c1)c1ccc(OC)cc1. The van der Waals surface area contributed by atoms with E-state index in [0.717, 1.165) is 33.8 Å². The van der Waals surface area contributed by atoms with Crippen molar-refractivity contribution in [3.63, 3.8) is 0 Å². The first-order valence-electron chi connectivity index (χ1n) is 12.4. The summed E-state index contributed by atoms with van der Waals surface area (Å²) in [5.74, 6) is 0.409. The number of methoxy groups -OCH3 is 1. The highest BCUT2D eigenvalue weighted by Gasteiger charge is 2.37. The molecule has 0 aliphatic carbocycles. The average Bonchev–Trinajstić information content (AvgIpc) is 2.94. The third-order valence-electron chi connectivity index (χ3n) is 5.77. The van der Waals surface area contributed by atoms with E-state index in [1.54, 1.807) is 39.5 Å².